The summed E-state index contributed by atoms with van der Waals surface area (Å²) in [4.78, 5) is 0. The Morgan fingerprint density at radius 3 is 2.67 bits per heavy atom. The van der Waals surface area contributed by atoms with Crippen molar-refractivity contribution >= 4 is 9.84 Å². The van der Waals surface area contributed by atoms with Crippen LogP contribution < -0.4 is 10.1 Å². The van der Waals surface area contributed by atoms with Gasteiger partial charge in [-0.2, -0.15) is 0 Å². The minimum atomic E-state index is -3.00. The van der Waals surface area contributed by atoms with Crippen molar-refractivity contribution in [1.29, 1.82) is 0 Å². The zero-order valence-electron chi connectivity index (χ0n) is 13.2. The van der Waals surface area contributed by atoms with Crippen LogP contribution in [0.3, 0.4) is 0 Å². The molecule has 0 spiro atoms. The first-order valence-corrected chi connectivity index (χ1v) is 9.38. The smallest absolute Gasteiger partial charge is 0.151 e. The van der Waals surface area contributed by atoms with E-state index in [0.29, 0.717) is 0 Å². The van der Waals surface area contributed by atoms with Crippen LogP contribution in [0, 0.1) is 6.92 Å². The van der Waals surface area contributed by atoms with Crippen molar-refractivity contribution in [2.45, 2.75) is 50.4 Å². The highest BCUT2D eigenvalue weighted by Crippen LogP contribution is 2.30. The molecule has 1 N–H and O–H groups in total. The molecule has 118 valence electrons. The second kappa shape index (κ2) is 6.36. The molecule has 1 saturated carbocycles. The molecule has 1 aromatic carbocycles. The molecule has 0 aromatic heterocycles. The molecule has 3 unspecified atom stereocenters. The molecule has 1 aromatic rings. The molecule has 1 aliphatic carbocycles. The molecule has 5 heteroatoms. The van der Waals surface area contributed by atoms with Crippen molar-refractivity contribution in [2.75, 3.05) is 13.4 Å². The number of methoxy groups -OCH3 is 1. The van der Waals surface area contributed by atoms with Crippen molar-refractivity contribution in [2.24, 2.45) is 0 Å². The van der Waals surface area contributed by atoms with Crippen molar-refractivity contribution < 1.29 is 13.2 Å². The van der Waals surface area contributed by atoms with E-state index in [2.05, 4.69) is 18.3 Å². The highest BCUT2D eigenvalue weighted by atomic mass is 32.2. The SMILES string of the molecule is COc1ccc(C)cc1C(C)NC1CCCC1S(C)(=O)=O. The number of benzene rings is 1. The number of hydrogen-bond acceptors (Lipinski definition) is 4. The van der Waals surface area contributed by atoms with E-state index in [0.717, 1.165) is 30.6 Å². The fraction of sp³-hybridized carbons (Fsp3) is 0.625. The molecule has 1 fully saturated rings. The molecule has 0 heterocycles. The Bertz CT molecular complexity index is 598. The van der Waals surface area contributed by atoms with Gasteiger partial charge in [-0.1, -0.05) is 24.1 Å². The third-order valence-corrected chi connectivity index (χ3v) is 5.98. The van der Waals surface area contributed by atoms with E-state index in [1.807, 2.05) is 19.1 Å². The van der Waals surface area contributed by atoms with Crippen LogP contribution in [0.15, 0.2) is 18.2 Å². The van der Waals surface area contributed by atoms with Gasteiger partial charge in [-0.3, -0.25) is 0 Å². The summed E-state index contributed by atoms with van der Waals surface area (Å²) in [5, 5.41) is 3.23. The summed E-state index contributed by atoms with van der Waals surface area (Å²) < 4.78 is 29.2. The summed E-state index contributed by atoms with van der Waals surface area (Å²) in [6, 6.07) is 6.17. The first kappa shape index (κ1) is 16.3. The van der Waals surface area contributed by atoms with E-state index in [1.54, 1.807) is 7.11 Å². The molecule has 1 aliphatic rings. The monoisotopic (exact) mass is 311 g/mol. The van der Waals surface area contributed by atoms with E-state index >= 15 is 0 Å². The Balaban J connectivity index is 2.18. The molecule has 0 amide bonds. The summed E-state index contributed by atoms with van der Waals surface area (Å²) in [6.07, 6.45) is 3.98. The van der Waals surface area contributed by atoms with Gasteiger partial charge in [0.1, 0.15) is 5.75 Å². The van der Waals surface area contributed by atoms with Gasteiger partial charge in [-0.15, -0.1) is 0 Å². The number of sulfone groups is 1. The van der Waals surface area contributed by atoms with Crippen molar-refractivity contribution in [3.63, 3.8) is 0 Å². The van der Waals surface area contributed by atoms with Crippen LogP contribution in [0.1, 0.15) is 43.4 Å². The number of hydrogen-bond donors (Lipinski definition) is 1. The van der Waals surface area contributed by atoms with Crippen LogP contribution in [0.2, 0.25) is 0 Å². The topological polar surface area (TPSA) is 55.4 Å². The van der Waals surface area contributed by atoms with E-state index in [1.165, 1.54) is 11.8 Å². The Labute approximate surface area is 127 Å². The van der Waals surface area contributed by atoms with Gasteiger partial charge in [0.2, 0.25) is 0 Å². The summed E-state index contributed by atoms with van der Waals surface area (Å²) in [5.41, 5.74) is 2.25. The van der Waals surface area contributed by atoms with Gasteiger partial charge in [-0.25, -0.2) is 8.42 Å². The van der Waals surface area contributed by atoms with Gasteiger partial charge in [-0.05, 0) is 32.8 Å². The number of aryl methyl sites for hydroxylation is 1. The van der Waals surface area contributed by atoms with Crippen molar-refractivity contribution in [1.82, 2.24) is 5.32 Å². The van der Waals surface area contributed by atoms with Gasteiger partial charge < -0.3 is 10.1 Å². The van der Waals surface area contributed by atoms with E-state index in [9.17, 15) is 8.42 Å². The van der Waals surface area contributed by atoms with Crippen LogP contribution in [0.5, 0.6) is 5.75 Å². The van der Waals surface area contributed by atoms with E-state index < -0.39 is 9.84 Å². The molecule has 0 bridgehead atoms. The predicted molar refractivity (Wildman–Crippen MR) is 85.6 cm³/mol. The van der Waals surface area contributed by atoms with Crippen LogP contribution in [-0.2, 0) is 9.84 Å². The first-order valence-electron chi connectivity index (χ1n) is 7.42. The van der Waals surface area contributed by atoms with Crippen LogP contribution in [0.4, 0.5) is 0 Å². The standard InChI is InChI=1S/C16H25NO3S/c1-11-8-9-15(20-3)13(10-11)12(2)17-14-6-5-7-16(14)21(4,18)19/h8-10,12,14,16-17H,5-7H2,1-4H3. The normalized spacial score (nSPS) is 24.0. The quantitative estimate of drug-likeness (QED) is 0.908. The second-order valence-corrected chi connectivity index (χ2v) is 8.30. The molecule has 2 rings (SSSR count). The lowest BCUT2D eigenvalue weighted by atomic mass is 10.0. The highest BCUT2D eigenvalue weighted by molar-refractivity contribution is 7.91. The maximum absolute atomic E-state index is 11.9. The van der Waals surface area contributed by atoms with Gasteiger partial charge in [0.15, 0.2) is 9.84 Å². The average molecular weight is 311 g/mol. The van der Waals surface area contributed by atoms with E-state index in [-0.39, 0.29) is 17.3 Å². The fourth-order valence-electron chi connectivity index (χ4n) is 3.23. The third-order valence-electron chi connectivity index (χ3n) is 4.32. The van der Waals surface area contributed by atoms with Crippen LogP contribution in [0.25, 0.3) is 0 Å². The summed E-state index contributed by atoms with van der Waals surface area (Å²) in [5.74, 6) is 0.842. The molecule has 3 atom stereocenters. The Kier molecular flexibility index (Phi) is 4.94. The lowest BCUT2D eigenvalue weighted by Gasteiger charge is -2.25. The minimum absolute atomic E-state index is 0.0280. The largest absolute Gasteiger partial charge is 0.496 e. The maximum atomic E-state index is 11.9. The van der Waals surface area contributed by atoms with Crippen LogP contribution in [-0.4, -0.2) is 33.1 Å². The lowest BCUT2D eigenvalue weighted by molar-refractivity contribution is 0.392. The second-order valence-electron chi connectivity index (χ2n) is 6.04. The van der Waals surface area contributed by atoms with Gasteiger partial charge in [0, 0.05) is 23.9 Å². The maximum Gasteiger partial charge on any atom is 0.151 e. The van der Waals surface area contributed by atoms with Gasteiger partial charge >= 0.3 is 0 Å². The number of rotatable bonds is 5. The average Bonchev–Trinajstić information content (AvgIpc) is 2.86. The molecular formula is C16H25NO3S. The Morgan fingerprint density at radius 2 is 2.05 bits per heavy atom. The van der Waals surface area contributed by atoms with Gasteiger partial charge in [0.25, 0.3) is 0 Å². The predicted octanol–water partition coefficient (Wildman–Crippen LogP) is 2.62. The fourth-order valence-corrected chi connectivity index (χ4v) is 4.64. The molecule has 0 aliphatic heterocycles. The molecule has 4 nitrogen and oxygen atoms in total. The summed E-state index contributed by atoms with van der Waals surface area (Å²) >= 11 is 0. The first-order chi connectivity index (χ1) is 9.82. The molecule has 0 radical (unpaired) electrons. The summed E-state index contributed by atoms with van der Waals surface area (Å²) in [7, 11) is -1.33. The molecular weight excluding hydrogens is 286 g/mol. The highest BCUT2D eigenvalue weighted by Gasteiger charge is 2.35. The Morgan fingerprint density at radius 1 is 1.33 bits per heavy atom. The minimum Gasteiger partial charge on any atom is -0.496 e. The van der Waals surface area contributed by atoms with Crippen molar-refractivity contribution in [3.8, 4) is 5.75 Å². The zero-order valence-corrected chi connectivity index (χ0v) is 14.0. The zero-order chi connectivity index (χ0) is 15.6. The Hall–Kier alpha value is -1.07. The molecule has 21 heavy (non-hydrogen) atoms. The number of ether oxygens (including phenoxy) is 1. The van der Waals surface area contributed by atoms with Gasteiger partial charge in [0.05, 0.1) is 12.4 Å². The van der Waals surface area contributed by atoms with Crippen molar-refractivity contribution in [3.05, 3.63) is 29.3 Å². The molecule has 0 saturated heterocycles. The van der Waals surface area contributed by atoms with Crippen LogP contribution >= 0.6 is 0 Å². The lowest BCUT2D eigenvalue weighted by Crippen LogP contribution is -2.41. The third kappa shape index (κ3) is 3.77. The van der Waals surface area contributed by atoms with E-state index in [4.69, 9.17) is 4.74 Å². The number of nitrogens with one attached hydrogen (secondary N) is 1. The summed E-state index contributed by atoms with van der Waals surface area (Å²) in [6.45, 7) is 4.11.